The molecule has 0 fully saturated rings. The van der Waals surface area contributed by atoms with Gasteiger partial charge in [-0.2, -0.15) is 0 Å². The van der Waals surface area contributed by atoms with Gasteiger partial charge in [-0.25, -0.2) is 4.99 Å². The Hall–Kier alpha value is -5.47. The molecule has 6 aromatic rings. The fraction of sp³-hybridized carbons (Fsp3) is 0.0930. The Bertz CT molecular complexity index is 2010. The van der Waals surface area contributed by atoms with E-state index in [4.69, 9.17) is 4.99 Å². The molecule has 45 heavy (non-hydrogen) atoms. The fourth-order valence-corrected chi connectivity index (χ4v) is 6.48. The van der Waals surface area contributed by atoms with Crippen molar-refractivity contribution in [2.45, 2.75) is 19.3 Å². The Morgan fingerprint density at radius 3 is 1.84 bits per heavy atom. The number of hydrogen-bond acceptors (Lipinski definition) is 1. The van der Waals surface area contributed by atoms with Crippen molar-refractivity contribution in [2.24, 2.45) is 10.9 Å². The van der Waals surface area contributed by atoms with Gasteiger partial charge in [0.15, 0.2) is 0 Å². The van der Waals surface area contributed by atoms with E-state index in [1.54, 1.807) is 0 Å². The minimum absolute atomic E-state index is 0.0397. The van der Waals surface area contributed by atoms with Crippen LogP contribution in [0.25, 0.3) is 27.5 Å². The Morgan fingerprint density at radius 2 is 1.27 bits per heavy atom. The van der Waals surface area contributed by atoms with Gasteiger partial charge in [-0.15, -0.1) is 0 Å². The molecule has 0 radical (unpaired) electrons. The predicted octanol–water partition coefficient (Wildman–Crippen LogP) is 11.3. The van der Waals surface area contributed by atoms with Crippen molar-refractivity contribution in [3.63, 3.8) is 0 Å². The van der Waals surface area contributed by atoms with Crippen LogP contribution in [0.4, 0.5) is 5.69 Å². The van der Waals surface area contributed by atoms with Gasteiger partial charge in [-0.1, -0.05) is 147 Å². The van der Waals surface area contributed by atoms with Gasteiger partial charge in [0.05, 0.1) is 22.4 Å². The molecule has 1 unspecified atom stereocenters. The van der Waals surface area contributed by atoms with Crippen LogP contribution in [0.2, 0.25) is 0 Å². The summed E-state index contributed by atoms with van der Waals surface area (Å²) in [6, 6.07) is 47.3. The molecule has 2 nitrogen and oxygen atoms in total. The molecule has 2 heterocycles. The van der Waals surface area contributed by atoms with E-state index in [0.717, 1.165) is 29.1 Å². The summed E-state index contributed by atoms with van der Waals surface area (Å²) in [6.07, 6.45) is 12.2. The number of aromatic nitrogens is 1. The smallest absolute Gasteiger partial charge is 0.0731 e. The van der Waals surface area contributed by atoms with Crippen LogP contribution < -0.4 is 0 Å². The van der Waals surface area contributed by atoms with Gasteiger partial charge in [0, 0.05) is 28.0 Å². The summed E-state index contributed by atoms with van der Waals surface area (Å²) < 4.78 is 2.42. The quantitative estimate of drug-likeness (QED) is 0.143. The monoisotopic (exact) mass is 580 g/mol. The Kier molecular flexibility index (Phi) is 7.95. The van der Waals surface area contributed by atoms with E-state index in [0.29, 0.717) is 0 Å². The maximum Gasteiger partial charge on any atom is 0.0731 e. The summed E-state index contributed by atoms with van der Waals surface area (Å²) in [7, 11) is 0. The van der Waals surface area contributed by atoms with Crippen molar-refractivity contribution < 1.29 is 0 Å². The molecular weight excluding hydrogens is 544 g/mol. The lowest BCUT2D eigenvalue weighted by Gasteiger charge is -2.22. The van der Waals surface area contributed by atoms with Crippen molar-refractivity contribution in [1.29, 1.82) is 0 Å². The summed E-state index contributed by atoms with van der Waals surface area (Å²) in [5.74, 6) is 0.238. The van der Waals surface area contributed by atoms with Crippen LogP contribution in [-0.4, -0.2) is 10.3 Å². The summed E-state index contributed by atoms with van der Waals surface area (Å²) in [5.41, 5.74) is 10.5. The standard InChI is InChI=1S/C43H36N2/c1-3-31(27-28-40-38-23-11-14-24-39(38)44-40)29-35(45-41-25-15-12-21-36(41)37-22-13-16-26-42(37)45)30-32(4-2)43(33-17-7-5-8-18-33)34-19-9-6-10-20-34/h4-31,43H,2-3H2,1H3/b28-27-,32-30+,35-29+. The van der Waals surface area contributed by atoms with Crippen molar-refractivity contribution in [3.8, 4) is 0 Å². The van der Waals surface area contributed by atoms with E-state index >= 15 is 0 Å². The highest BCUT2D eigenvalue weighted by molar-refractivity contribution is 6.18. The summed E-state index contributed by atoms with van der Waals surface area (Å²) in [6.45, 7) is 6.61. The molecule has 5 aromatic carbocycles. The number of allylic oxidation sites excluding steroid dienone is 7. The van der Waals surface area contributed by atoms with Gasteiger partial charge >= 0.3 is 0 Å². The topological polar surface area (TPSA) is 17.3 Å². The zero-order chi connectivity index (χ0) is 30.6. The maximum absolute atomic E-state index is 4.73. The Labute approximate surface area is 265 Å². The molecule has 218 valence electrons. The lowest BCUT2D eigenvalue weighted by molar-refractivity contribution is 0.773. The summed E-state index contributed by atoms with van der Waals surface area (Å²) in [4.78, 5) is 4.73. The molecule has 7 rings (SSSR count). The molecule has 0 saturated carbocycles. The van der Waals surface area contributed by atoms with Gasteiger partial charge in [-0.3, -0.25) is 0 Å². The molecule has 0 aliphatic carbocycles. The van der Waals surface area contributed by atoms with E-state index in [-0.39, 0.29) is 11.8 Å². The first-order valence-corrected chi connectivity index (χ1v) is 15.8. The second-order valence-corrected chi connectivity index (χ2v) is 11.5. The molecule has 2 heteroatoms. The van der Waals surface area contributed by atoms with E-state index in [2.05, 4.69) is 170 Å². The number of hydrogen-bond donors (Lipinski definition) is 0. The SMILES string of the molecule is C=C/C(=C\C(=C/C(/C=C\C1=Nc2ccccc21)CC)n1c2ccccc2c2ccccc21)C(c1ccccc1)c1ccccc1. The average molecular weight is 581 g/mol. The fourth-order valence-electron chi connectivity index (χ4n) is 6.48. The largest absolute Gasteiger partial charge is 0.310 e. The highest BCUT2D eigenvalue weighted by Crippen LogP contribution is 2.37. The third-order valence-corrected chi connectivity index (χ3v) is 8.77. The number of benzene rings is 5. The Balaban J connectivity index is 1.42. The second-order valence-electron chi connectivity index (χ2n) is 11.5. The van der Waals surface area contributed by atoms with Gasteiger partial charge in [0.1, 0.15) is 0 Å². The molecular formula is C43H36N2. The average Bonchev–Trinajstić information content (AvgIpc) is 3.42. The molecule has 0 amide bonds. The van der Waals surface area contributed by atoms with Gasteiger partial charge in [0.25, 0.3) is 0 Å². The molecule has 0 bridgehead atoms. The first-order chi connectivity index (χ1) is 22.2. The lowest BCUT2D eigenvalue weighted by Crippen LogP contribution is -2.07. The first kappa shape index (κ1) is 28.3. The van der Waals surface area contributed by atoms with Crippen LogP contribution in [0.5, 0.6) is 0 Å². The van der Waals surface area contributed by atoms with Crippen LogP contribution in [-0.2, 0) is 0 Å². The zero-order valence-corrected chi connectivity index (χ0v) is 25.6. The normalized spacial score (nSPS) is 14.0. The number of aliphatic imine (C=N–C) groups is 1. The molecule has 1 aliphatic rings. The first-order valence-electron chi connectivity index (χ1n) is 15.8. The highest BCUT2D eigenvalue weighted by atomic mass is 15.0. The van der Waals surface area contributed by atoms with Crippen LogP contribution in [0.3, 0.4) is 0 Å². The van der Waals surface area contributed by atoms with Crippen LogP contribution >= 0.6 is 0 Å². The maximum atomic E-state index is 4.73. The molecule has 0 saturated heterocycles. The minimum Gasteiger partial charge on any atom is -0.310 e. The minimum atomic E-state index is 0.0397. The predicted molar refractivity (Wildman–Crippen MR) is 192 cm³/mol. The van der Waals surface area contributed by atoms with Gasteiger partial charge in [0.2, 0.25) is 0 Å². The van der Waals surface area contributed by atoms with Crippen molar-refractivity contribution in [2.75, 3.05) is 0 Å². The second kappa shape index (κ2) is 12.6. The molecule has 0 spiro atoms. The van der Waals surface area contributed by atoms with Crippen molar-refractivity contribution in [3.05, 3.63) is 193 Å². The Morgan fingerprint density at radius 1 is 0.711 bits per heavy atom. The number of para-hydroxylation sites is 3. The number of fused-ring (bicyclic) bond motifs is 4. The van der Waals surface area contributed by atoms with Crippen LogP contribution in [0, 0.1) is 5.92 Å². The third-order valence-electron chi connectivity index (χ3n) is 8.77. The van der Waals surface area contributed by atoms with Crippen LogP contribution in [0.1, 0.15) is 36.0 Å². The van der Waals surface area contributed by atoms with Crippen molar-refractivity contribution >= 4 is 38.9 Å². The molecule has 1 atom stereocenters. The highest BCUT2D eigenvalue weighted by Gasteiger charge is 2.20. The zero-order valence-electron chi connectivity index (χ0n) is 25.6. The van der Waals surface area contributed by atoms with Crippen molar-refractivity contribution in [1.82, 2.24) is 4.57 Å². The van der Waals surface area contributed by atoms with E-state index in [9.17, 15) is 0 Å². The van der Waals surface area contributed by atoms with Crippen LogP contribution in [0.15, 0.2) is 181 Å². The van der Waals surface area contributed by atoms with E-state index < -0.39 is 0 Å². The number of nitrogens with zero attached hydrogens (tertiary/aromatic N) is 2. The van der Waals surface area contributed by atoms with E-state index in [1.807, 2.05) is 12.1 Å². The summed E-state index contributed by atoms with van der Waals surface area (Å²) >= 11 is 0. The molecule has 0 N–H and O–H groups in total. The molecule has 1 aliphatic heterocycles. The van der Waals surface area contributed by atoms with E-state index in [1.165, 1.54) is 38.5 Å². The third kappa shape index (κ3) is 5.52. The lowest BCUT2D eigenvalue weighted by atomic mass is 9.84. The van der Waals surface area contributed by atoms with Gasteiger partial charge < -0.3 is 4.57 Å². The summed E-state index contributed by atoms with van der Waals surface area (Å²) in [5, 5.41) is 2.50. The van der Waals surface area contributed by atoms with Gasteiger partial charge in [-0.05, 0) is 59.4 Å². The number of rotatable bonds is 10. The molecule has 1 aromatic heterocycles.